The van der Waals surface area contributed by atoms with Gasteiger partial charge in [-0.15, -0.1) is 0 Å². The van der Waals surface area contributed by atoms with Crippen molar-refractivity contribution in [3.8, 4) is 5.75 Å². The quantitative estimate of drug-likeness (QED) is 0.668. The second-order valence-corrected chi connectivity index (χ2v) is 5.02. The van der Waals surface area contributed by atoms with E-state index in [-0.39, 0.29) is 6.73 Å². The Hall–Kier alpha value is -2.90. The highest BCUT2D eigenvalue weighted by Gasteiger charge is 2.25. The van der Waals surface area contributed by atoms with E-state index in [1.807, 2.05) is 18.2 Å². The standard InChI is InChI=1S/C14H13N3O5/c18-14(19)13-12(17(20)21)7-16(15-13)8-22-11-5-4-9-2-1-3-10(9)6-11/h4-7H,1-3,8H2,(H,18,19). The van der Waals surface area contributed by atoms with Gasteiger partial charge in [0.1, 0.15) is 11.9 Å². The summed E-state index contributed by atoms with van der Waals surface area (Å²) in [6.45, 7) is -0.0904. The molecule has 8 nitrogen and oxygen atoms in total. The fourth-order valence-corrected chi connectivity index (χ4v) is 2.54. The van der Waals surface area contributed by atoms with Crippen LogP contribution in [0.1, 0.15) is 28.0 Å². The summed E-state index contributed by atoms with van der Waals surface area (Å²) in [6, 6.07) is 5.78. The molecular formula is C14H13N3O5. The lowest BCUT2D eigenvalue weighted by Gasteiger charge is -2.07. The van der Waals surface area contributed by atoms with Crippen molar-refractivity contribution >= 4 is 11.7 Å². The lowest BCUT2D eigenvalue weighted by molar-refractivity contribution is -0.385. The van der Waals surface area contributed by atoms with Crippen LogP contribution in [0.15, 0.2) is 24.4 Å². The minimum absolute atomic E-state index is 0.0904. The third-order valence-electron chi connectivity index (χ3n) is 3.58. The van der Waals surface area contributed by atoms with E-state index in [9.17, 15) is 14.9 Å². The van der Waals surface area contributed by atoms with E-state index in [0.29, 0.717) is 5.75 Å². The van der Waals surface area contributed by atoms with Crippen LogP contribution in [0.4, 0.5) is 5.69 Å². The summed E-state index contributed by atoms with van der Waals surface area (Å²) in [7, 11) is 0. The van der Waals surface area contributed by atoms with Gasteiger partial charge in [-0.2, -0.15) is 5.10 Å². The first kappa shape index (κ1) is 14.1. The molecule has 114 valence electrons. The Morgan fingerprint density at radius 3 is 2.86 bits per heavy atom. The number of aromatic nitrogens is 2. The lowest BCUT2D eigenvalue weighted by Crippen LogP contribution is -2.08. The third-order valence-corrected chi connectivity index (χ3v) is 3.58. The molecule has 0 radical (unpaired) electrons. The Morgan fingerprint density at radius 2 is 2.18 bits per heavy atom. The van der Waals surface area contributed by atoms with Crippen molar-refractivity contribution < 1.29 is 19.6 Å². The van der Waals surface area contributed by atoms with Gasteiger partial charge >= 0.3 is 11.7 Å². The Kier molecular flexibility index (Phi) is 3.50. The SMILES string of the molecule is O=C(O)c1nn(COc2ccc3c(c2)CCC3)cc1[N+](=O)[O-]. The zero-order valence-corrected chi connectivity index (χ0v) is 11.6. The van der Waals surface area contributed by atoms with Gasteiger partial charge in [-0.25, -0.2) is 9.48 Å². The molecule has 0 atom stereocenters. The normalized spacial score (nSPS) is 12.9. The lowest BCUT2D eigenvalue weighted by atomic mass is 10.1. The van der Waals surface area contributed by atoms with Crippen LogP contribution in [-0.4, -0.2) is 25.8 Å². The van der Waals surface area contributed by atoms with Crippen LogP contribution in [0, 0.1) is 10.1 Å². The van der Waals surface area contributed by atoms with Gasteiger partial charge in [-0.3, -0.25) is 10.1 Å². The first-order valence-corrected chi connectivity index (χ1v) is 6.74. The Labute approximate surface area is 125 Å². The van der Waals surface area contributed by atoms with Gasteiger partial charge in [0.25, 0.3) is 0 Å². The van der Waals surface area contributed by atoms with E-state index in [2.05, 4.69) is 5.10 Å². The fourth-order valence-electron chi connectivity index (χ4n) is 2.54. The average Bonchev–Trinajstić information content (AvgIpc) is 3.11. The van der Waals surface area contributed by atoms with Gasteiger partial charge in [-0.05, 0) is 42.5 Å². The number of rotatable bonds is 5. The second-order valence-electron chi connectivity index (χ2n) is 5.02. The van der Waals surface area contributed by atoms with Crippen LogP contribution in [0.5, 0.6) is 5.75 Å². The minimum Gasteiger partial charge on any atom is -0.476 e. The van der Waals surface area contributed by atoms with E-state index in [0.717, 1.165) is 30.1 Å². The minimum atomic E-state index is -1.44. The van der Waals surface area contributed by atoms with Crippen LogP contribution < -0.4 is 4.74 Å². The monoisotopic (exact) mass is 303 g/mol. The van der Waals surface area contributed by atoms with Gasteiger partial charge in [-0.1, -0.05) is 6.07 Å². The maximum atomic E-state index is 10.9. The number of carboxylic acids is 1. The maximum Gasteiger partial charge on any atom is 0.363 e. The van der Waals surface area contributed by atoms with Crippen molar-refractivity contribution in [1.82, 2.24) is 9.78 Å². The number of hydrogen-bond acceptors (Lipinski definition) is 5. The number of aryl methyl sites for hydroxylation is 2. The summed E-state index contributed by atoms with van der Waals surface area (Å²) < 4.78 is 6.64. The van der Waals surface area contributed by atoms with Crippen molar-refractivity contribution in [2.75, 3.05) is 0 Å². The van der Waals surface area contributed by atoms with E-state index < -0.39 is 22.3 Å². The average molecular weight is 303 g/mol. The molecule has 1 aliphatic rings. The van der Waals surface area contributed by atoms with Gasteiger partial charge in [0.15, 0.2) is 6.73 Å². The molecule has 0 unspecified atom stereocenters. The molecule has 8 heteroatoms. The first-order valence-electron chi connectivity index (χ1n) is 6.74. The third kappa shape index (κ3) is 2.62. The molecule has 1 aliphatic carbocycles. The molecule has 0 saturated carbocycles. The van der Waals surface area contributed by atoms with E-state index in [1.54, 1.807) is 0 Å². The predicted molar refractivity (Wildman–Crippen MR) is 74.9 cm³/mol. The topological polar surface area (TPSA) is 107 Å². The molecule has 2 aromatic rings. The molecule has 1 aromatic heterocycles. The molecule has 22 heavy (non-hydrogen) atoms. The maximum absolute atomic E-state index is 10.9. The van der Waals surface area contributed by atoms with Crippen LogP contribution in [0.3, 0.4) is 0 Å². The molecule has 1 heterocycles. The van der Waals surface area contributed by atoms with Crippen molar-refractivity contribution in [2.24, 2.45) is 0 Å². The number of carboxylic acid groups (broad SMARTS) is 1. The number of aromatic carboxylic acids is 1. The zero-order chi connectivity index (χ0) is 15.7. The van der Waals surface area contributed by atoms with E-state index in [1.165, 1.54) is 11.1 Å². The molecule has 0 amide bonds. The van der Waals surface area contributed by atoms with Gasteiger partial charge in [0, 0.05) is 0 Å². The smallest absolute Gasteiger partial charge is 0.363 e. The van der Waals surface area contributed by atoms with E-state index >= 15 is 0 Å². The van der Waals surface area contributed by atoms with Gasteiger partial charge in [0.05, 0.1) is 4.92 Å². The van der Waals surface area contributed by atoms with Crippen LogP contribution >= 0.6 is 0 Å². The summed E-state index contributed by atoms with van der Waals surface area (Å²) >= 11 is 0. The number of nitro groups is 1. The van der Waals surface area contributed by atoms with Crippen molar-refractivity contribution in [2.45, 2.75) is 26.0 Å². The molecule has 0 spiro atoms. The second kappa shape index (κ2) is 5.47. The summed E-state index contributed by atoms with van der Waals surface area (Å²) in [4.78, 5) is 20.9. The Morgan fingerprint density at radius 1 is 1.41 bits per heavy atom. The molecule has 0 aliphatic heterocycles. The van der Waals surface area contributed by atoms with E-state index in [4.69, 9.17) is 9.84 Å². The summed E-state index contributed by atoms with van der Waals surface area (Å²) in [5.41, 5.74) is 1.41. The molecule has 1 N–H and O–H groups in total. The van der Waals surface area contributed by atoms with Crippen molar-refractivity contribution in [1.29, 1.82) is 0 Å². The molecule has 0 saturated heterocycles. The molecule has 1 aromatic carbocycles. The van der Waals surface area contributed by atoms with Crippen molar-refractivity contribution in [3.05, 3.63) is 51.3 Å². The molecular weight excluding hydrogens is 290 g/mol. The Balaban J connectivity index is 1.75. The summed E-state index contributed by atoms with van der Waals surface area (Å²) in [6.07, 6.45) is 4.27. The number of nitrogens with zero attached hydrogens (tertiary/aromatic N) is 3. The number of fused-ring (bicyclic) bond motifs is 1. The summed E-state index contributed by atoms with van der Waals surface area (Å²) in [5.74, 6) is -0.807. The number of carbonyl (C=O) groups is 1. The summed E-state index contributed by atoms with van der Waals surface area (Å²) in [5, 5.41) is 23.4. The first-order chi connectivity index (χ1) is 10.5. The van der Waals surface area contributed by atoms with Gasteiger partial charge in [0.2, 0.25) is 5.69 Å². The van der Waals surface area contributed by atoms with Crippen LogP contribution in [0.25, 0.3) is 0 Å². The number of benzene rings is 1. The van der Waals surface area contributed by atoms with Gasteiger partial charge < -0.3 is 9.84 Å². The highest BCUT2D eigenvalue weighted by atomic mass is 16.6. The number of hydrogen-bond donors (Lipinski definition) is 1. The van der Waals surface area contributed by atoms with Crippen molar-refractivity contribution in [3.63, 3.8) is 0 Å². The molecule has 3 rings (SSSR count). The number of ether oxygens (including phenoxy) is 1. The fraction of sp³-hybridized carbons (Fsp3) is 0.286. The van der Waals surface area contributed by atoms with Crippen LogP contribution in [-0.2, 0) is 19.6 Å². The highest BCUT2D eigenvalue weighted by molar-refractivity contribution is 5.89. The molecule has 0 fully saturated rings. The zero-order valence-electron chi connectivity index (χ0n) is 11.6. The predicted octanol–water partition coefficient (Wildman–Crippen LogP) is 2.01. The molecule has 0 bridgehead atoms. The Bertz CT molecular complexity index is 721. The van der Waals surface area contributed by atoms with Crippen LogP contribution in [0.2, 0.25) is 0 Å². The largest absolute Gasteiger partial charge is 0.476 e. The highest BCUT2D eigenvalue weighted by Crippen LogP contribution is 2.26.